The fourth-order valence-electron chi connectivity index (χ4n) is 2.35. The monoisotopic (exact) mass is 271 g/mol. The number of rotatable bonds is 5. The molecule has 0 radical (unpaired) electrons. The summed E-state index contributed by atoms with van der Waals surface area (Å²) in [6, 6.07) is 8.50. The van der Waals surface area contributed by atoms with Gasteiger partial charge in [0.25, 0.3) is 0 Å². The van der Waals surface area contributed by atoms with Crippen LogP contribution >= 0.6 is 0 Å². The number of hydrogen-bond acceptors (Lipinski definition) is 5. The molecule has 0 fully saturated rings. The second-order valence-electron chi connectivity index (χ2n) is 4.77. The van der Waals surface area contributed by atoms with Gasteiger partial charge in [0, 0.05) is 5.56 Å². The van der Waals surface area contributed by atoms with Gasteiger partial charge in [-0.05, 0) is 31.4 Å². The Balaban J connectivity index is 2.28. The average Bonchev–Trinajstić information content (AvgIpc) is 2.47. The summed E-state index contributed by atoms with van der Waals surface area (Å²) in [6.45, 7) is 6.30. The first kappa shape index (κ1) is 14.3. The number of hydrazine groups is 1. The van der Waals surface area contributed by atoms with E-state index in [4.69, 9.17) is 5.84 Å². The molecule has 1 heterocycles. The van der Waals surface area contributed by atoms with E-state index < -0.39 is 0 Å². The van der Waals surface area contributed by atoms with Crippen molar-refractivity contribution in [1.29, 1.82) is 0 Å². The number of aryl methyl sites for hydroxylation is 1. The molecule has 5 heteroatoms. The lowest BCUT2D eigenvalue weighted by molar-refractivity contribution is 0.854. The lowest BCUT2D eigenvalue weighted by Gasteiger charge is -2.19. The van der Waals surface area contributed by atoms with Gasteiger partial charge in [-0.2, -0.15) is 0 Å². The fourth-order valence-corrected chi connectivity index (χ4v) is 2.35. The Labute approximate surface area is 119 Å². The third kappa shape index (κ3) is 2.88. The highest BCUT2D eigenvalue weighted by Crippen LogP contribution is 2.25. The number of benzene rings is 1. The predicted molar refractivity (Wildman–Crippen MR) is 82.4 cm³/mol. The minimum absolute atomic E-state index is 0.169. The van der Waals surface area contributed by atoms with Crippen LogP contribution in [0, 0.1) is 6.92 Å². The summed E-state index contributed by atoms with van der Waals surface area (Å²) < 4.78 is 0. The van der Waals surface area contributed by atoms with Crippen LogP contribution in [-0.2, 0) is 6.42 Å². The van der Waals surface area contributed by atoms with Gasteiger partial charge in [-0.25, -0.2) is 15.8 Å². The first-order chi connectivity index (χ1) is 9.67. The van der Waals surface area contributed by atoms with Gasteiger partial charge in [0.05, 0.1) is 6.04 Å². The van der Waals surface area contributed by atoms with Crippen molar-refractivity contribution in [2.24, 2.45) is 5.84 Å². The first-order valence-electron chi connectivity index (χ1n) is 6.79. The fraction of sp³-hybridized carbons (Fsp3) is 0.333. The second-order valence-corrected chi connectivity index (χ2v) is 4.77. The quantitative estimate of drug-likeness (QED) is 0.576. The highest BCUT2D eigenvalue weighted by molar-refractivity contribution is 5.57. The molecule has 0 aliphatic carbocycles. The third-order valence-electron chi connectivity index (χ3n) is 3.44. The van der Waals surface area contributed by atoms with E-state index in [1.807, 2.05) is 12.1 Å². The van der Waals surface area contributed by atoms with Crippen molar-refractivity contribution in [3.63, 3.8) is 0 Å². The summed E-state index contributed by atoms with van der Waals surface area (Å²) in [5.74, 6) is 6.99. The zero-order valence-corrected chi connectivity index (χ0v) is 12.1. The first-order valence-corrected chi connectivity index (χ1v) is 6.79. The van der Waals surface area contributed by atoms with Gasteiger partial charge in [0.2, 0.25) is 0 Å². The molecule has 1 aromatic carbocycles. The van der Waals surface area contributed by atoms with Crippen LogP contribution in [0.2, 0.25) is 0 Å². The van der Waals surface area contributed by atoms with Crippen LogP contribution in [0.5, 0.6) is 0 Å². The maximum atomic E-state index is 5.49. The van der Waals surface area contributed by atoms with E-state index in [0.29, 0.717) is 5.82 Å². The predicted octanol–water partition coefficient (Wildman–Crippen LogP) is 2.81. The molecule has 0 saturated heterocycles. The molecule has 2 rings (SSSR count). The Kier molecular flexibility index (Phi) is 4.53. The number of aromatic nitrogens is 2. The molecule has 4 N–H and O–H groups in total. The Morgan fingerprint density at radius 3 is 2.55 bits per heavy atom. The van der Waals surface area contributed by atoms with Gasteiger partial charge >= 0.3 is 0 Å². The normalized spacial score (nSPS) is 12.0. The molecule has 0 aliphatic rings. The van der Waals surface area contributed by atoms with Gasteiger partial charge in [0.15, 0.2) is 0 Å². The number of nitrogens with one attached hydrogen (secondary N) is 2. The van der Waals surface area contributed by atoms with Crippen molar-refractivity contribution in [2.75, 3.05) is 10.7 Å². The molecule has 1 aromatic heterocycles. The van der Waals surface area contributed by atoms with Gasteiger partial charge in [-0.15, -0.1) is 0 Å². The highest BCUT2D eigenvalue weighted by atomic mass is 15.3. The molecule has 0 saturated carbocycles. The zero-order chi connectivity index (χ0) is 14.5. The summed E-state index contributed by atoms with van der Waals surface area (Å²) in [7, 11) is 0. The van der Waals surface area contributed by atoms with Crippen molar-refractivity contribution in [1.82, 2.24) is 9.97 Å². The smallest absolute Gasteiger partial charge is 0.148 e. The summed E-state index contributed by atoms with van der Waals surface area (Å²) in [6.07, 6.45) is 2.32. The number of nitrogens with zero attached hydrogens (tertiary/aromatic N) is 2. The van der Waals surface area contributed by atoms with E-state index in [-0.39, 0.29) is 6.04 Å². The number of nitrogens with two attached hydrogens (primary N) is 1. The Hall–Kier alpha value is -2.14. The highest BCUT2D eigenvalue weighted by Gasteiger charge is 2.13. The molecular formula is C15H21N5. The van der Waals surface area contributed by atoms with Gasteiger partial charge < -0.3 is 10.7 Å². The maximum Gasteiger partial charge on any atom is 0.148 e. The van der Waals surface area contributed by atoms with Gasteiger partial charge in [-0.1, -0.05) is 31.2 Å². The molecule has 106 valence electrons. The number of anilines is 2. The maximum absolute atomic E-state index is 5.49. The van der Waals surface area contributed by atoms with Crippen molar-refractivity contribution < 1.29 is 0 Å². The topological polar surface area (TPSA) is 75.9 Å². The van der Waals surface area contributed by atoms with Crippen LogP contribution in [0.3, 0.4) is 0 Å². The molecule has 5 nitrogen and oxygen atoms in total. The van der Waals surface area contributed by atoms with E-state index in [2.05, 4.69) is 53.6 Å². The van der Waals surface area contributed by atoms with Crippen LogP contribution in [0.1, 0.15) is 36.6 Å². The molecule has 20 heavy (non-hydrogen) atoms. The minimum Gasteiger partial charge on any atom is -0.363 e. The summed E-state index contributed by atoms with van der Waals surface area (Å²) >= 11 is 0. The van der Waals surface area contributed by atoms with Gasteiger partial charge in [0.1, 0.15) is 18.0 Å². The number of nitrogen functional groups attached to an aromatic ring is 1. The van der Waals surface area contributed by atoms with Crippen molar-refractivity contribution in [3.8, 4) is 0 Å². The molecule has 0 aliphatic heterocycles. The van der Waals surface area contributed by atoms with Crippen LogP contribution in [0.15, 0.2) is 30.6 Å². The van der Waals surface area contributed by atoms with Crippen LogP contribution < -0.4 is 16.6 Å². The largest absolute Gasteiger partial charge is 0.363 e. The average molecular weight is 271 g/mol. The Morgan fingerprint density at radius 2 is 1.90 bits per heavy atom. The van der Waals surface area contributed by atoms with Crippen molar-refractivity contribution >= 4 is 11.6 Å². The van der Waals surface area contributed by atoms with Crippen LogP contribution in [0.25, 0.3) is 0 Å². The molecule has 0 amide bonds. The van der Waals surface area contributed by atoms with E-state index in [1.165, 1.54) is 17.5 Å². The van der Waals surface area contributed by atoms with Gasteiger partial charge in [-0.3, -0.25) is 0 Å². The van der Waals surface area contributed by atoms with E-state index in [1.54, 1.807) is 0 Å². The van der Waals surface area contributed by atoms with Crippen LogP contribution in [-0.4, -0.2) is 9.97 Å². The van der Waals surface area contributed by atoms with Crippen molar-refractivity contribution in [3.05, 3.63) is 47.3 Å². The third-order valence-corrected chi connectivity index (χ3v) is 3.44. The molecule has 0 bridgehead atoms. The molecule has 2 aromatic rings. The lowest BCUT2D eigenvalue weighted by Crippen LogP contribution is -2.15. The lowest BCUT2D eigenvalue weighted by atomic mass is 10.0. The zero-order valence-electron chi connectivity index (χ0n) is 12.1. The molecular weight excluding hydrogens is 250 g/mol. The Bertz CT molecular complexity index is 582. The van der Waals surface area contributed by atoms with E-state index >= 15 is 0 Å². The molecule has 0 spiro atoms. The van der Waals surface area contributed by atoms with Crippen molar-refractivity contribution in [2.45, 2.75) is 33.2 Å². The van der Waals surface area contributed by atoms with E-state index in [9.17, 15) is 0 Å². The van der Waals surface area contributed by atoms with E-state index in [0.717, 1.165) is 17.8 Å². The standard InChI is InChI=1S/C15H21N5/c1-4-12-14(17-9-18-15(12)20-16)19-11(3)13-8-6-5-7-10(13)2/h5-9,11H,4,16H2,1-3H3,(H2,17,18,19,20). The molecule has 1 atom stereocenters. The SMILES string of the molecule is CCc1c(NN)ncnc1NC(C)c1ccccc1C. The second kappa shape index (κ2) is 6.34. The minimum atomic E-state index is 0.169. The number of hydrogen-bond donors (Lipinski definition) is 3. The summed E-state index contributed by atoms with van der Waals surface area (Å²) in [4.78, 5) is 8.47. The molecule has 1 unspecified atom stereocenters. The summed E-state index contributed by atoms with van der Waals surface area (Å²) in [5.41, 5.74) is 6.14. The Morgan fingerprint density at radius 1 is 1.20 bits per heavy atom. The van der Waals surface area contributed by atoms with Crippen LogP contribution in [0.4, 0.5) is 11.6 Å². The summed E-state index contributed by atoms with van der Waals surface area (Å²) in [5, 5.41) is 3.45.